The minimum atomic E-state index is 0.675. The fourth-order valence-corrected chi connectivity index (χ4v) is 3.14. The predicted octanol–water partition coefficient (Wildman–Crippen LogP) is 1.88. The summed E-state index contributed by atoms with van der Waals surface area (Å²) in [7, 11) is 1.75. The first-order chi connectivity index (χ1) is 8.38. The minimum absolute atomic E-state index is 0.675. The van der Waals surface area contributed by atoms with Crippen molar-refractivity contribution in [2.24, 2.45) is 5.92 Å². The van der Waals surface area contributed by atoms with Crippen molar-refractivity contribution in [1.82, 2.24) is 5.32 Å². The number of hydrogen-bond donors (Lipinski definition) is 1. The van der Waals surface area contributed by atoms with Gasteiger partial charge in [0.15, 0.2) is 0 Å². The zero-order valence-corrected chi connectivity index (χ0v) is 10.4. The molecule has 0 amide bonds. The number of nitrogens with one attached hydrogen (secondary N) is 1. The van der Waals surface area contributed by atoms with Gasteiger partial charge in [-0.3, -0.25) is 0 Å². The number of hydrogen-bond acceptors (Lipinski definition) is 3. The molecule has 0 saturated carbocycles. The van der Waals surface area contributed by atoms with Gasteiger partial charge in [-0.25, -0.2) is 0 Å². The molecule has 1 aromatic rings. The van der Waals surface area contributed by atoms with Gasteiger partial charge in [0.2, 0.25) is 0 Å². The number of nitrogens with zero attached hydrogens (tertiary/aromatic N) is 1. The SMILES string of the molecule is COc1ccccc1N1CCC2CCNC2C1. The van der Waals surface area contributed by atoms with E-state index in [1.807, 2.05) is 12.1 Å². The second-order valence-corrected chi connectivity index (χ2v) is 5.02. The number of anilines is 1. The fraction of sp³-hybridized carbons (Fsp3) is 0.571. The monoisotopic (exact) mass is 232 g/mol. The van der Waals surface area contributed by atoms with Crippen LogP contribution in [0.4, 0.5) is 5.69 Å². The van der Waals surface area contributed by atoms with Crippen molar-refractivity contribution in [3.63, 3.8) is 0 Å². The van der Waals surface area contributed by atoms with Crippen LogP contribution in [0.5, 0.6) is 5.75 Å². The largest absolute Gasteiger partial charge is 0.495 e. The summed E-state index contributed by atoms with van der Waals surface area (Å²) in [5.41, 5.74) is 1.24. The maximum atomic E-state index is 5.45. The Morgan fingerprint density at radius 3 is 3.06 bits per heavy atom. The van der Waals surface area contributed by atoms with Gasteiger partial charge in [0.1, 0.15) is 5.75 Å². The first-order valence-electron chi connectivity index (χ1n) is 6.50. The fourth-order valence-electron chi connectivity index (χ4n) is 3.14. The molecule has 2 aliphatic heterocycles. The summed E-state index contributed by atoms with van der Waals surface area (Å²) in [5, 5.41) is 3.61. The van der Waals surface area contributed by atoms with Crippen LogP contribution in [0.3, 0.4) is 0 Å². The maximum absolute atomic E-state index is 5.45. The third-order valence-corrected chi connectivity index (χ3v) is 4.10. The third-order valence-electron chi connectivity index (χ3n) is 4.10. The summed E-state index contributed by atoms with van der Waals surface area (Å²) >= 11 is 0. The van der Waals surface area contributed by atoms with Crippen LogP contribution in [0.1, 0.15) is 12.8 Å². The highest BCUT2D eigenvalue weighted by atomic mass is 16.5. The number of fused-ring (bicyclic) bond motifs is 1. The second-order valence-electron chi connectivity index (χ2n) is 5.02. The van der Waals surface area contributed by atoms with E-state index in [2.05, 4.69) is 22.3 Å². The lowest BCUT2D eigenvalue weighted by Gasteiger charge is -2.37. The number of para-hydroxylation sites is 2. The highest BCUT2D eigenvalue weighted by Gasteiger charge is 2.33. The van der Waals surface area contributed by atoms with Gasteiger partial charge >= 0.3 is 0 Å². The summed E-state index contributed by atoms with van der Waals surface area (Å²) in [4.78, 5) is 2.46. The molecule has 3 heteroatoms. The van der Waals surface area contributed by atoms with Crippen molar-refractivity contribution < 1.29 is 4.74 Å². The highest BCUT2D eigenvalue weighted by Crippen LogP contribution is 2.33. The molecule has 2 unspecified atom stereocenters. The molecular weight excluding hydrogens is 212 g/mol. The van der Waals surface area contributed by atoms with Crippen molar-refractivity contribution in [2.45, 2.75) is 18.9 Å². The summed E-state index contributed by atoms with van der Waals surface area (Å²) < 4.78 is 5.45. The Labute approximate surface area is 103 Å². The summed E-state index contributed by atoms with van der Waals surface area (Å²) in [6.45, 7) is 3.46. The van der Waals surface area contributed by atoms with Gasteiger partial charge in [0.05, 0.1) is 12.8 Å². The molecule has 2 aliphatic rings. The van der Waals surface area contributed by atoms with Crippen LogP contribution in [0.25, 0.3) is 0 Å². The van der Waals surface area contributed by atoms with Crippen molar-refractivity contribution in [1.29, 1.82) is 0 Å². The first kappa shape index (κ1) is 10.9. The van der Waals surface area contributed by atoms with Crippen LogP contribution in [0.15, 0.2) is 24.3 Å². The van der Waals surface area contributed by atoms with Gasteiger partial charge in [0.25, 0.3) is 0 Å². The zero-order valence-electron chi connectivity index (χ0n) is 10.4. The minimum Gasteiger partial charge on any atom is -0.495 e. The van der Waals surface area contributed by atoms with E-state index in [9.17, 15) is 0 Å². The molecule has 0 aromatic heterocycles. The van der Waals surface area contributed by atoms with Crippen molar-refractivity contribution >= 4 is 5.69 Å². The van der Waals surface area contributed by atoms with E-state index in [1.165, 1.54) is 25.1 Å². The van der Waals surface area contributed by atoms with Crippen LogP contribution in [0, 0.1) is 5.92 Å². The Kier molecular flexibility index (Phi) is 2.93. The number of piperidine rings is 1. The molecule has 2 fully saturated rings. The second kappa shape index (κ2) is 4.57. The lowest BCUT2D eigenvalue weighted by molar-refractivity contribution is 0.367. The highest BCUT2D eigenvalue weighted by molar-refractivity contribution is 5.58. The van der Waals surface area contributed by atoms with Gasteiger partial charge in [-0.05, 0) is 37.4 Å². The smallest absolute Gasteiger partial charge is 0.142 e. The predicted molar refractivity (Wildman–Crippen MR) is 69.7 cm³/mol. The lowest BCUT2D eigenvalue weighted by atomic mass is 9.92. The maximum Gasteiger partial charge on any atom is 0.142 e. The third kappa shape index (κ3) is 2.00. The van der Waals surface area contributed by atoms with Gasteiger partial charge in [-0.15, -0.1) is 0 Å². The normalized spacial score (nSPS) is 27.9. The van der Waals surface area contributed by atoms with Crippen LogP contribution in [-0.2, 0) is 0 Å². The quantitative estimate of drug-likeness (QED) is 0.842. The summed E-state index contributed by atoms with van der Waals surface area (Å²) in [5.74, 6) is 1.88. The van der Waals surface area contributed by atoms with Crippen molar-refractivity contribution in [3.05, 3.63) is 24.3 Å². The number of rotatable bonds is 2. The lowest BCUT2D eigenvalue weighted by Crippen LogP contribution is -2.46. The van der Waals surface area contributed by atoms with Gasteiger partial charge in [-0.1, -0.05) is 12.1 Å². The Hall–Kier alpha value is -1.22. The molecule has 2 heterocycles. The molecule has 0 aliphatic carbocycles. The number of benzene rings is 1. The number of methoxy groups -OCH3 is 1. The molecule has 3 nitrogen and oxygen atoms in total. The van der Waals surface area contributed by atoms with E-state index < -0.39 is 0 Å². The van der Waals surface area contributed by atoms with E-state index in [4.69, 9.17) is 4.74 Å². The molecular formula is C14H20N2O. The van der Waals surface area contributed by atoms with Crippen LogP contribution in [0.2, 0.25) is 0 Å². The van der Waals surface area contributed by atoms with Crippen molar-refractivity contribution in [3.8, 4) is 5.75 Å². The van der Waals surface area contributed by atoms with Gasteiger partial charge < -0.3 is 15.0 Å². The standard InChI is InChI=1S/C14H20N2O/c1-17-14-5-3-2-4-13(14)16-9-7-11-6-8-15-12(11)10-16/h2-5,11-12,15H,6-10H2,1H3. The van der Waals surface area contributed by atoms with Crippen LogP contribution in [-0.4, -0.2) is 32.8 Å². The first-order valence-corrected chi connectivity index (χ1v) is 6.50. The van der Waals surface area contributed by atoms with Crippen LogP contribution >= 0.6 is 0 Å². The summed E-state index contributed by atoms with van der Waals surface area (Å²) in [6, 6.07) is 9.00. The van der Waals surface area contributed by atoms with E-state index in [1.54, 1.807) is 7.11 Å². The van der Waals surface area contributed by atoms with E-state index in [-0.39, 0.29) is 0 Å². The molecule has 2 atom stereocenters. The molecule has 3 rings (SSSR count). The topological polar surface area (TPSA) is 24.5 Å². The van der Waals surface area contributed by atoms with E-state index in [0.717, 1.165) is 24.8 Å². The molecule has 1 aromatic carbocycles. The molecule has 0 spiro atoms. The molecule has 0 bridgehead atoms. The molecule has 2 saturated heterocycles. The molecule has 17 heavy (non-hydrogen) atoms. The number of ether oxygens (including phenoxy) is 1. The Bertz CT molecular complexity index is 394. The van der Waals surface area contributed by atoms with Gasteiger partial charge in [0, 0.05) is 19.1 Å². The van der Waals surface area contributed by atoms with Crippen molar-refractivity contribution in [2.75, 3.05) is 31.6 Å². The van der Waals surface area contributed by atoms with Crippen LogP contribution < -0.4 is 15.0 Å². The van der Waals surface area contributed by atoms with E-state index in [0.29, 0.717) is 6.04 Å². The van der Waals surface area contributed by atoms with Gasteiger partial charge in [-0.2, -0.15) is 0 Å². The van der Waals surface area contributed by atoms with E-state index >= 15 is 0 Å². The average molecular weight is 232 g/mol. The molecule has 92 valence electrons. The Balaban J connectivity index is 1.80. The molecule has 1 N–H and O–H groups in total. The average Bonchev–Trinajstić information content (AvgIpc) is 2.85. The summed E-state index contributed by atoms with van der Waals surface area (Å²) in [6.07, 6.45) is 2.65. The Morgan fingerprint density at radius 1 is 1.29 bits per heavy atom. The Morgan fingerprint density at radius 2 is 2.18 bits per heavy atom. The molecule has 0 radical (unpaired) electrons. The zero-order chi connectivity index (χ0) is 11.7.